The number of rotatable bonds is 4. The summed E-state index contributed by atoms with van der Waals surface area (Å²) in [6.45, 7) is 7.51. The lowest BCUT2D eigenvalue weighted by Gasteiger charge is -2.16. The first-order valence-corrected chi connectivity index (χ1v) is 7.59. The lowest BCUT2D eigenvalue weighted by atomic mass is 10.0. The van der Waals surface area contributed by atoms with Crippen LogP contribution < -0.4 is 5.32 Å². The van der Waals surface area contributed by atoms with Gasteiger partial charge in [-0.1, -0.05) is 44.2 Å². The van der Waals surface area contributed by atoms with E-state index in [9.17, 15) is 0 Å². The zero-order valence-electron chi connectivity index (χ0n) is 12.4. The fraction of sp³-hybridized carbons (Fsp3) is 0.471. The van der Waals surface area contributed by atoms with Crippen molar-refractivity contribution in [2.24, 2.45) is 0 Å². The zero-order valence-corrected chi connectivity index (χ0v) is 12.4. The van der Waals surface area contributed by atoms with Crippen LogP contribution in [-0.2, 0) is 25.9 Å². The fourth-order valence-electron chi connectivity index (χ4n) is 2.98. The molecular formula is C17H23N3. The first-order chi connectivity index (χ1) is 9.75. The third kappa shape index (κ3) is 2.63. The van der Waals surface area contributed by atoms with E-state index in [1.807, 2.05) is 0 Å². The van der Waals surface area contributed by atoms with E-state index in [0.717, 1.165) is 32.5 Å². The summed E-state index contributed by atoms with van der Waals surface area (Å²) in [4.78, 5) is 0. The highest BCUT2D eigenvalue weighted by atomic mass is 15.3. The highest BCUT2D eigenvalue weighted by molar-refractivity contribution is 5.30. The van der Waals surface area contributed by atoms with Gasteiger partial charge in [0.1, 0.15) is 0 Å². The molecule has 0 saturated heterocycles. The molecule has 1 aromatic heterocycles. The van der Waals surface area contributed by atoms with Crippen molar-refractivity contribution < 1.29 is 0 Å². The van der Waals surface area contributed by atoms with E-state index in [0.29, 0.717) is 5.92 Å². The Kier molecular flexibility index (Phi) is 3.88. The van der Waals surface area contributed by atoms with Crippen molar-refractivity contribution in [3.63, 3.8) is 0 Å². The van der Waals surface area contributed by atoms with Crippen molar-refractivity contribution in [3.05, 3.63) is 52.8 Å². The molecular weight excluding hydrogens is 246 g/mol. The van der Waals surface area contributed by atoms with Gasteiger partial charge in [-0.3, -0.25) is 4.68 Å². The summed E-state index contributed by atoms with van der Waals surface area (Å²) in [5.74, 6) is 0.502. The number of benzene rings is 1. The zero-order chi connectivity index (χ0) is 13.9. The van der Waals surface area contributed by atoms with Crippen LogP contribution in [0.3, 0.4) is 0 Å². The Morgan fingerprint density at radius 2 is 2.05 bits per heavy atom. The topological polar surface area (TPSA) is 29.9 Å². The Morgan fingerprint density at radius 3 is 2.80 bits per heavy atom. The Hall–Kier alpha value is -1.61. The number of nitrogens with one attached hydrogen (secondary N) is 1. The Morgan fingerprint density at radius 1 is 1.25 bits per heavy atom. The van der Waals surface area contributed by atoms with Gasteiger partial charge < -0.3 is 5.32 Å². The number of fused-ring (bicyclic) bond motifs is 1. The standard InChI is InChI=1S/C17H23N3/c1-13(2)17-15-12-18-10-8-16(15)20(19-17)11-9-14-6-4-3-5-7-14/h3-7,13,18H,8-12H2,1-2H3. The molecule has 0 unspecified atom stereocenters. The molecule has 1 aliphatic heterocycles. The van der Waals surface area contributed by atoms with Crippen molar-refractivity contribution in [2.45, 2.75) is 45.7 Å². The van der Waals surface area contributed by atoms with Crippen LogP contribution in [0.5, 0.6) is 0 Å². The summed E-state index contributed by atoms with van der Waals surface area (Å²) in [5.41, 5.74) is 5.56. The van der Waals surface area contributed by atoms with Crippen molar-refractivity contribution in [1.29, 1.82) is 0 Å². The molecule has 3 heteroatoms. The highest BCUT2D eigenvalue weighted by Crippen LogP contribution is 2.24. The van der Waals surface area contributed by atoms with E-state index < -0.39 is 0 Å². The Bertz CT molecular complexity index is 569. The third-order valence-electron chi connectivity index (χ3n) is 4.04. The first-order valence-electron chi connectivity index (χ1n) is 7.59. The van der Waals surface area contributed by atoms with E-state index in [2.05, 4.69) is 54.2 Å². The van der Waals surface area contributed by atoms with E-state index >= 15 is 0 Å². The molecule has 0 spiro atoms. The molecule has 0 amide bonds. The molecule has 3 rings (SSSR count). The molecule has 1 aromatic carbocycles. The minimum atomic E-state index is 0.502. The van der Waals surface area contributed by atoms with Gasteiger partial charge in [0, 0.05) is 37.3 Å². The van der Waals surface area contributed by atoms with Crippen LogP contribution in [-0.4, -0.2) is 16.3 Å². The molecule has 2 heterocycles. The van der Waals surface area contributed by atoms with E-state index in [1.54, 1.807) is 0 Å². The van der Waals surface area contributed by atoms with Gasteiger partial charge in [0.25, 0.3) is 0 Å². The van der Waals surface area contributed by atoms with Crippen LogP contribution in [0.1, 0.15) is 42.3 Å². The van der Waals surface area contributed by atoms with Gasteiger partial charge >= 0.3 is 0 Å². The van der Waals surface area contributed by atoms with Gasteiger partial charge in [0.05, 0.1) is 5.69 Å². The molecule has 2 aromatic rings. The van der Waals surface area contributed by atoms with Gasteiger partial charge in [-0.15, -0.1) is 0 Å². The van der Waals surface area contributed by atoms with Crippen molar-refractivity contribution >= 4 is 0 Å². The van der Waals surface area contributed by atoms with Crippen molar-refractivity contribution in [3.8, 4) is 0 Å². The largest absolute Gasteiger partial charge is 0.312 e. The second kappa shape index (κ2) is 5.80. The second-order valence-electron chi connectivity index (χ2n) is 5.85. The molecule has 0 bridgehead atoms. The van der Waals surface area contributed by atoms with Crippen LogP contribution >= 0.6 is 0 Å². The van der Waals surface area contributed by atoms with E-state index in [4.69, 9.17) is 5.10 Å². The predicted molar refractivity (Wildman–Crippen MR) is 81.9 cm³/mol. The average Bonchev–Trinajstić information content (AvgIpc) is 2.85. The van der Waals surface area contributed by atoms with Crippen LogP contribution in [0.15, 0.2) is 30.3 Å². The first kappa shape index (κ1) is 13.4. The molecule has 0 radical (unpaired) electrons. The molecule has 1 N–H and O–H groups in total. The Balaban J connectivity index is 1.82. The molecule has 0 aliphatic carbocycles. The normalized spacial score (nSPS) is 14.6. The summed E-state index contributed by atoms with van der Waals surface area (Å²) in [5, 5.41) is 8.35. The lowest BCUT2D eigenvalue weighted by Crippen LogP contribution is -2.25. The molecule has 0 atom stereocenters. The molecule has 0 saturated carbocycles. The second-order valence-corrected chi connectivity index (χ2v) is 5.85. The van der Waals surface area contributed by atoms with Gasteiger partial charge in [-0.05, 0) is 17.9 Å². The molecule has 3 nitrogen and oxygen atoms in total. The minimum absolute atomic E-state index is 0.502. The molecule has 0 fully saturated rings. The number of aromatic nitrogens is 2. The summed E-state index contributed by atoms with van der Waals surface area (Å²) < 4.78 is 2.25. The van der Waals surface area contributed by atoms with Gasteiger partial charge in [-0.25, -0.2) is 0 Å². The maximum Gasteiger partial charge on any atom is 0.0697 e. The van der Waals surface area contributed by atoms with Gasteiger partial charge in [-0.2, -0.15) is 5.10 Å². The maximum atomic E-state index is 4.88. The smallest absolute Gasteiger partial charge is 0.0697 e. The fourth-order valence-corrected chi connectivity index (χ4v) is 2.98. The van der Waals surface area contributed by atoms with Gasteiger partial charge in [0.2, 0.25) is 0 Å². The van der Waals surface area contributed by atoms with Crippen LogP contribution in [0.2, 0.25) is 0 Å². The average molecular weight is 269 g/mol. The van der Waals surface area contributed by atoms with Crippen molar-refractivity contribution in [2.75, 3.05) is 6.54 Å². The van der Waals surface area contributed by atoms with Gasteiger partial charge in [0.15, 0.2) is 0 Å². The monoisotopic (exact) mass is 269 g/mol. The quantitative estimate of drug-likeness (QED) is 0.925. The maximum absolute atomic E-state index is 4.88. The van der Waals surface area contributed by atoms with Crippen molar-refractivity contribution in [1.82, 2.24) is 15.1 Å². The summed E-state index contributed by atoms with van der Waals surface area (Å²) in [6, 6.07) is 10.7. The lowest BCUT2D eigenvalue weighted by molar-refractivity contribution is 0.549. The highest BCUT2D eigenvalue weighted by Gasteiger charge is 2.21. The molecule has 106 valence electrons. The Labute approximate surface area is 121 Å². The summed E-state index contributed by atoms with van der Waals surface area (Å²) in [6.07, 6.45) is 2.16. The minimum Gasteiger partial charge on any atom is -0.312 e. The number of aryl methyl sites for hydroxylation is 2. The van der Waals surface area contributed by atoms with E-state index in [-0.39, 0.29) is 0 Å². The summed E-state index contributed by atoms with van der Waals surface area (Å²) in [7, 11) is 0. The van der Waals surface area contributed by atoms with Crippen LogP contribution in [0.4, 0.5) is 0 Å². The molecule has 20 heavy (non-hydrogen) atoms. The summed E-state index contributed by atoms with van der Waals surface area (Å²) >= 11 is 0. The van der Waals surface area contributed by atoms with E-state index in [1.165, 1.54) is 22.5 Å². The number of hydrogen-bond acceptors (Lipinski definition) is 2. The van der Waals surface area contributed by atoms with Crippen LogP contribution in [0, 0.1) is 0 Å². The number of nitrogens with zero attached hydrogens (tertiary/aromatic N) is 2. The molecule has 1 aliphatic rings. The third-order valence-corrected chi connectivity index (χ3v) is 4.04. The SMILES string of the molecule is CC(C)c1nn(CCc2ccccc2)c2c1CNCC2. The number of hydrogen-bond donors (Lipinski definition) is 1. The predicted octanol–water partition coefficient (Wildman–Crippen LogP) is 2.89. The van der Waals surface area contributed by atoms with Crippen LogP contribution in [0.25, 0.3) is 0 Å².